The van der Waals surface area contributed by atoms with Crippen molar-refractivity contribution in [1.29, 1.82) is 0 Å². The molecule has 0 fully saturated rings. The highest BCUT2D eigenvalue weighted by Gasteiger charge is 2.00. The average Bonchev–Trinajstić information content (AvgIpc) is 2.97. The molecule has 1 aromatic carbocycles. The minimum absolute atomic E-state index is 0.320. The molecule has 116 valence electrons. The van der Waals surface area contributed by atoms with Crippen LogP contribution < -0.4 is 0 Å². The lowest BCUT2D eigenvalue weighted by Crippen LogP contribution is -2.20. The van der Waals surface area contributed by atoms with Gasteiger partial charge in [-0.25, -0.2) is 4.39 Å². The van der Waals surface area contributed by atoms with Crippen LogP contribution in [0.4, 0.5) is 4.39 Å². The maximum absolute atomic E-state index is 12.3. The Bertz CT molecular complexity index is 807. The first-order chi connectivity index (χ1) is 11.2. The molecule has 4 heteroatoms. The maximum atomic E-state index is 12.3. The number of nitrogens with zero attached hydrogens (tertiary/aromatic N) is 2. The largest absolute Gasteiger partial charge is 0.347 e. The molecule has 23 heavy (non-hydrogen) atoms. The number of fused-ring (bicyclic) bond motifs is 1. The highest BCUT2D eigenvalue weighted by atomic mass is 19.1. The second-order valence-electron chi connectivity index (χ2n) is 5.49. The van der Waals surface area contributed by atoms with Gasteiger partial charge in [-0.2, -0.15) is 0 Å². The molecule has 3 aromatic rings. The van der Waals surface area contributed by atoms with Gasteiger partial charge in [-0.15, -0.1) is 0 Å². The monoisotopic (exact) mass is 307 g/mol. The van der Waals surface area contributed by atoms with Gasteiger partial charge in [0, 0.05) is 24.8 Å². The lowest BCUT2D eigenvalue weighted by Gasteiger charge is -2.14. The molecule has 0 bridgehead atoms. The van der Waals surface area contributed by atoms with Crippen molar-refractivity contribution in [3.05, 3.63) is 65.5 Å². The van der Waals surface area contributed by atoms with E-state index in [9.17, 15) is 4.39 Å². The number of alkyl halides is 1. The second-order valence-corrected chi connectivity index (χ2v) is 5.49. The fraction of sp³-hybridized carbons (Fsp3) is 0.211. The van der Waals surface area contributed by atoms with Gasteiger partial charge in [0.2, 0.25) is 0 Å². The van der Waals surface area contributed by atoms with Gasteiger partial charge in [0.05, 0.1) is 16.7 Å². The Hall–Kier alpha value is -2.64. The van der Waals surface area contributed by atoms with Crippen LogP contribution in [0.3, 0.4) is 0 Å². The van der Waals surface area contributed by atoms with Gasteiger partial charge >= 0.3 is 0 Å². The number of aromatic amines is 1. The summed E-state index contributed by atoms with van der Waals surface area (Å²) >= 11 is 0. The molecule has 0 saturated carbocycles. The Labute approximate surface area is 135 Å². The van der Waals surface area contributed by atoms with Crippen LogP contribution in [-0.4, -0.2) is 35.1 Å². The van der Waals surface area contributed by atoms with Gasteiger partial charge in [0.1, 0.15) is 6.67 Å². The van der Waals surface area contributed by atoms with Gasteiger partial charge in [-0.1, -0.05) is 18.1 Å². The number of pyridine rings is 1. The number of benzene rings is 1. The van der Waals surface area contributed by atoms with Gasteiger partial charge in [-0.05, 0) is 48.9 Å². The summed E-state index contributed by atoms with van der Waals surface area (Å²) in [6, 6.07) is 13.9. The first-order valence-corrected chi connectivity index (χ1v) is 7.54. The normalized spacial score (nSPS) is 10.7. The van der Waals surface area contributed by atoms with Crippen LogP contribution in [0.15, 0.2) is 48.7 Å². The zero-order valence-electron chi connectivity index (χ0n) is 13.0. The molecule has 0 radical (unpaired) electrons. The van der Waals surface area contributed by atoms with E-state index in [1.165, 1.54) is 0 Å². The van der Waals surface area contributed by atoms with Crippen LogP contribution >= 0.6 is 0 Å². The van der Waals surface area contributed by atoms with Crippen molar-refractivity contribution in [2.45, 2.75) is 6.54 Å². The third-order valence-corrected chi connectivity index (χ3v) is 3.60. The zero-order chi connectivity index (χ0) is 16.1. The van der Waals surface area contributed by atoms with Gasteiger partial charge < -0.3 is 4.98 Å². The van der Waals surface area contributed by atoms with Crippen LogP contribution in [-0.2, 0) is 6.54 Å². The van der Waals surface area contributed by atoms with Crippen LogP contribution in [0.1, 0.15) is 16.8 Å². The molecule has 3 rings (SSSR count). The quantitative estimate of drug-likeness (QED) is 0.750. The number of hydrogen-bond donors (Lipinski definition) is 1. The summed E-state index contributed by atoms with van der Waals surface area (Å²) in [5.41, 5.74) is 4.87. The molecule has 1 N–H and O–H groups in total. The minimum Gasteiger partial charge on any atom is -0.347 e. The molecule has 0 spiro atoms. The van der Waals surface area contributed by atoms with E-state index >= 15 is 0 Å². The Morgan fingerprint density at radius 1 is 1.17 bits per heavy atom. The number of aromatic nitrogens is 2. The molecule has 0 aliphatic heterocycles. The predicted octanol–water partition coefficient (Wildman–Crippen LogP) is 3.36. The molecule has 3 nitrogen and oxygen atoms in total. The smallest absolute Gasteiger partial charge is 0.102 e. The summed E-state index contributed by atoms with van der Waals surface area (Å²) in [4.78, 5) is 9.48. The number of H-pyrrole nitrogens is 1. The summed E-state index contributed by atoms with van der Waals surface area (Å²) in [6.45, 7) is 0.876. The lowest BCUT2D eigenvalue weighted by molar-refractivity contribution is 0.289. The van der Waals surface area contributed by atoms with E-state index in [4.69, 9.17) is 0 Å². The molecular formula is C19H18FN3. The first-order valence-electron chi connectivity index (χ1n) is 7.54. The SMILES string of the molecule is CN(CCF)Cc1ccc(C#Cc2cc3ncccc3[nH]2)cc1. The van der Waals surface area contributed by atoms with Gasteiger partial charge in [-0.3, -0.25) is 9.88 Å². The highest BCUT2D eigenvalue weighted by Crippen LogP contribution is 2.11. The number of nitrogens with one attached hydrogen (secondary N) is 1. The van der Waals surface area contributed by atoms with E-state index in [0.29, 0.717) is 6.54 Å². The molecule has 0 aliphatic carbocycles. The highest BCUT2D eigenvalue weighted by molar-refractivity contribution is 5.76. The molecule has 0 saturated heterocycles. The van der Waals surface area contributed by atoms with E-state index in [-0.39, 0.29) is 6.67 Å². The fourth-order valence-electron chi connectivity index (χ4n) is 2.39. The standard InChI is InChI=1S/C19H18FN3/c1-23(12-10-20)14-16-6-4-15(5-7-16)8-9-17-13-19-18(22-17)3-2-11-21-19/h2-7,11,13,22H,10,12,14H2,1H3. The van der Waals surface area contributed by atoms with Gasteiger partial charge in [0.15, 0.2) is 0 Å². The fourth-order valence-corrected chi connectivity index (χ4v) is 2.39. The van der Waals surface area contributed by atoms with Crippen molar-refractivity contribution >= 4 is 11.0 Å². The van der Waals surface area contributed by atoms with Crippen molar-refractivity contribution in [2.75, 3.05) is 20.3 Å². The van der Waals surface area contributed by atoms with E-state index < -0.39 is 0 Å². The molecule has 0 amide bonds. The zero-order valence-corrected chi connectivity index (χ0v) is 13.0. The summed E-state index contributed by atoms with van der Waals surface area (Å²) in [6.07, 6.45) is 1.77. The van der Waals surface area contributed by atoms with Crippen LogP contribution in [0.5, 0.6) is 0 Å². The third-order valence-electron chi connectivity index (χ3n) is 3.60. The van der Waals surface area contributed by atoms with Crippen molar-refractivity contribution in [3.63, 3.8) is 0 Å². The summed E-state index contributed by atoms with van der Waals surface area (Å²) < 4.78 is 12.3. The Morgan fingerprint density at radius 2 is 2.00 bits per heavy atom. The first kappa shape index (κ1) is 15.3. The molecule has 0 unspecified atom stereocenters. The summed E-state index contributed by atoms with van der Waals surface area (Å²) in [5.74, 6) is 6.27. The minimum atomic E-state index is -0.320. The molecule has 2 aromatic heterocycles. The van der Waals surface area contributed by atoms with Crippen LogP contribution in [0, 0.1) is 11.8 Å². The molecule has 0 atom stereocenters. The van der Waals surface area contributed by atoms with Crippen LogP contribution in [0.2, 0.25) is 0 Å². The third kappa shape index (κ3) is 3.97. The van der Waals surface area contributed by atoms with Crippen molar-refractivity contribution in [1.82, 2.24) is 14.9 Å². The number of halogens is 1. The molecular weight excluding hydrogens is 289 g/mol. The van der Waals surface area contributed by atoms with E-state index in [1.54, 1.807) is 6.20 Å². The van der Waals surface area contributed by atoms with E-state index in [0.717, 1.165) is 34.4 Å². The summed E-state index contributed by atoms with van der Waals surface area (Å²) in [7, 11) is 1.91. The Kier molecular flexibility index (Phi) is 4.70. The summed E-state index contributed by atoms with van der Waals surface area (Å²) in [5, 5.41) is 0. The van der Waals surface area contributed by atoms with Crippen molar-refractivity contribution in [2.24, 2.45) is 0 Å². The number of rotatable bonds is 4. The lowest BCUT2D eigenvalue weighted by atomic mass is 10.1. The van der Waals surface area contributed by atoms with E-state index in [1.807, 2.05) is 54.4 Å². The molecule has 2 heterocycles. The average molecular weight is 307 g/mol. The Morgan fingerprint density at radius 3 is 2.74 bits per heavy atom. The van der Waals surface area contributed by atoms with Gasteiger partial charge in [0.25, 0.3) is 0 Å². The predicted molar refractivity (Wildman–Crippen MR) is 90.8 cm³/mol. The molecule has 0 aliphatic rings. The van der Waals surface area contributed by atoms with Crippen LogP contribution in [0.25, 0.3) is 11.0 Å². The number of hydrogen-bond acceptors (Lipinski definition) is 2. The second kappa shape index (κ2) is 7.08. The Balaban J connectivity index is 1.71. The topological polar surface area (TPSA) is 31.9 Å². The maximum Gasteiger partial charge on any atom is 0.102 e. The van der Waals surface area contributed by atoms with Crippen molar-refractivity contribution in [3.8, 4) is 11.8 Å². The van der Waals surface area contributed by atoms with E-state index in [2.05, 4.69) is 21.8 Å². The van der Waals surface area contributed by atoms with Crippen molar-refractivity contribution < 1.29 is 4.39 Å².